The Labute approximate surface area is 875 Å². The molecule has 10 N–H and O–H groups in total. The molecular weight excluding hydrogens is 2050 g/mol. The number of benzene rings is 9. The number of amides is 1. The summed E-state index contributed by atoms with van der Waals surface area (Å²) in [4.78, 5) is 73.9. The van der Waals surface area contributed by atoms with Gasteiger partial charge in [0.05, 0.1) is 129 Å². The number of piperazine rings is 1. The minimum Gasteiger partial charge on any atom is -0.495 e. The monoisotopic (exact) mass is 2160 g/mol. The number of morpholine rings is 1. The SMILES string of the molecule is CCC(=O)CN1CCN(c2ccc(Nc3ncc(Cl)c(Nc4ccccc4P(C)(C)=O)n3)c(OC)c2)CC1.COc1cc(-c2ccc(C(N)=O)cc2)c(C)cc1Nc1ncc(Cl)c(Nc2ccccc2P(C)(C)=O)n1.COc1cc(P(C)(C)=O)ccc1Nc1ncc(Cl)c(Nc2ccc(N3CCOCC3)cc2S(=O)(=O)C(C)C)n1.COc1cc(P(C)(C)=O)ccc1Nc1ncc(Cl)c(Nc2ccccc2-c2ncccn2)n1. The van der Waals surface area contributed by atoms with Crippen LogP contribution in [0.5, 0.6) is 23.0 Å². The predicted molar refractivity (Wildman–Crippen MR) is 598 cm³/mol. The molecule has 0 atom stereocenters. The van der Waals surface area contributed by atoms with Gasteiger partial charge in [0.2, 0.25) is 29.7 Å². The van der Waals surface area contributed by atoms with E-state index in [0.717, 1.165) is 76.1 Å². The van der Waals surface area contributed by atoms with Gasteiger partial charge >= 0.3 is 0 Å². The number of ether oxygens (including phenoxy) is 5. The van der Waals surface area contributed by atoms with Crippen LogP contribution in [0, 0.1) is 6.92 Å². The Morgan fingerprint density at radius 3 is 1.24 bits per heavy atom. The lowest BCUT2D eigenvalue weighted by molar-refractivity contribution is -0.120. The van der Waals surface area contributed by atoms with Gasteiger partial charge in [0.25, 0.3) is 0 Å². The standard InChI is InChI=1S/C27H34ClN6O3P.C27H27ClN5O3P.C26H33ClN5O5PS.C23H22ClN6O2P/c1-5-20(35)18-33-12-14-34(15-13-33)19-10-11-22(24(16-19)37-2)31-27-29-17-21(28)26(32-27)30-23-8-6-7-9-25(23)38(3,4)36;1-16-13-22(23(36-2)14-19(16)17-9-11-18(12-10-17)25(29)34)32-27-30-15-20(28)26(33-27)31-21-7-5-6-8-24(21)37(3,4)35;1-17(2)39(34,35)24-14-18(32-10-12-37-13-11-32)6-8-22(24)29-25-20(27)16-28-26(31-25)30-21-9-7-19(38(4,5)33)15-23(21)36-3;1-32-20-13-15(33(2,3)31)9-10-19(20)29-23-27-14-17(24)22(30-23)28-18-8-5-4-7-16(18)21-25-11-6-12-26-21/h6-11,16-17H,5,12-15,18H2,1-4H3,(H2,29,30,31,32);5-15H,1-4H3,(H2,29,34)(H2,30,31,32,33);6-9,14-17H,10-13H2,1-5H3,(H2,28,29,30,31);4-14H,1-3H3,(H2,27,28,29,30). The van der Waals surface area contributed by atoms with Gasteiger partial charge in [0.1, 0.15) is 77.4 Å². The quantitative estimate of drug-likeness (QED) is 0.0169. The van der Waals surface area contributed by atoms with E-state index in [-0.39, 0.29) is 27.5 Å². The molecular formula is C103H116Cl4N22O13P4S. The zero-order chi connectivity index (χ0) is 106. The first-order valence-corrected chi connectivity index (χ1v) is 59.8. The van der Waals surface area contributed by atoms with Gasteiger partial charge in [0, 0.05) is 108 Å². The Morgan fingerprint density at radius 1 is 0.422 bits per heavy atom. The van der Waals surface area contributed by atoms with Crippen LogP contribution in [0.15, 0.2) is 230 Å². The van der Waals surface area contributed by atoms with Crippen molar-refractivity contribution in [3.05, 3.63) is 256 Å². The molecule has 2 fully saturated rings. The molecule has 44 heteroatoms. The number of sulfone groups is 1. The van der Waals surface area contributed by atoms with E-state index < -0.39 is 49.6 Å². The summed E-state index contributed by atoms with van der Waals surface area (Å²) >= 11 is 25.6. The number of hydrogen-bond acceptors (Lipinski definition) is 34. The van der Waals surface area contributed by atoms with Crippen molar-refractivity contribution in [3.63, 3.8) is 0 Å². The highest BCUT2D eigenvalue weighted by Gasteiger charge is 2.30. The first-order chi connectivity index (χ1) is 70.0. The summed E-state index contributed by atoms with van der Waals surface area (Å²) < 4.78 is 105. The maximum atomic E-state index is 13.3. The van der Waals surface area contributed by atoms with E-state index in [1.807, 2.05) is 135 Å². The third-order valence-corrected chi connectivity index (χ3v) is 32.7. The molecule has 16 rings (SSSR count). The molecule has 0 spiro atoms. The van der Waals surface area contributed by atoms with Crippen molar-refractivity contribution in [2.24, 2.45) is 5.73 Å². The normalized spacial score (nSPS) is 12.8. The highest BCUT2D eigenvalue weighted by Crippen LogP contribution is 2.46. The summed E-state index contributed by atoms with van der Waals surface area (Å²) in [6.07, 6.45) is 9.89. The van der Waals surface area contributed by atoms with E-state index in [1.165, 1.54) is 31.9 Å². The van der Waals surface area contributed by atoms with E-state index in [0.29, 0.717) is 174 Å². The molecule has 0 aliphatic carbocycles. The summed E-state index contributed by atoms with van der Waals surface area (Å²) in [5.41, 5.74) is 16.3. The van der Waals surface area contributed by atoms with Crippen LogP contribution in [0.1, 0.15) is 43.1 Å². The number of anilines is 18. The van der Waals surface area contributed by atoms with E-state index >= 15 is 0 Å². The summed E-state index contributed by atoms with van der Waals surface area (Å²) in [6.45, 7) is 27.3. The van der Waals surface area contributed by atoms with Crippen LogP contribution in [-0.2, 0) is 37.6 Å². The number of carbonyl (C=O) groups excluding carboxylic acids is 2. The highest BCUT2D eigenvalue weighted by molar-refractivity contribution is 7.92. The number of hydrogen-bond donors (Lipinski definition) is 9. The van der Waals surface area contributed by atoms with E-state index in [2.05, 4.69) is 107 Å². The molecule has 7 heterocycles. The van der Waals surface area contributed by atoms with Gasteiger partial charge in [-0.25, -0.2) is 38.3 Å². The van der Waals surface area contributed by atoms with Crippen LogP contribution < -0.4 is 98.2 Å². The minimum absolute atomic E-state index is 0.159. The maximum absolute atomic E-state index is 13.3. The molecule has 0 bridgehead atoms. The molecule has 0 radical (unpaired) electrons. The zero-order valence-electron chi connectivity index (χ0n) is 83.9. The van der Waals surface area contributed by atoms with Crippen molar-refractivity contribution in [1.29, 1.82) is 0 Å². The molecule has 2 aliphatic rings. The molecule has 0 unspecified atom stereocenters. The summed E-state index contributed by atoms with van der Waals surface area (Å²) in [6, 6.07) is 56.9. The van der Waals surface area contributed by atoms with Gasteiger partial charge in [-0.15, -0.1) is 0 Å². The molecule has 1 amide bonds. The van der Waals surface area contributed by atoms with Crippen molar-refractivity contribution in [2.75, 3.05) is 193 Å². The van der Waals surface area contributed by atoms with Gasteiger partial charge < -0.3 is 100 Å². The topological polar surface area (TPSA) is 444 Å². The van der Waals surface area contributed by atoms with E-state index in [1.54, 1.807) is 168 Å². The number of para-hydroxylation sites is 3. The molecule has 5 aromatic heterocycles. The van der Waals surface area contributed by atoms with Gasteiger partial charge in [-0.1, -0.05) is 102 Å². The lowest BCUT2D eigenvalue weighted by Gasteiger charge is -2.36. The number of nitrogens with one attached hydrogen (secondary N) is 8. The Balaban J connectivity index is 0.000000164. The fourth-order valence-electron chi connectivity index (χ4n) is 15.3. The van der Waals surface area contributed by atoms with E-state index in [4.69, 9.17) is 75.8 Å². The Bertz CT molecular complexity index is 7430. The minimum atomic E-state index is -3.65. The van der Waals surface area contributed by atoms with Crippen LogP contribution in [0.3, 0.4) is 0 Å². The van der Waals surface area contributed by atoms with Crippen LogP contribution in [-0.4, -0.2) is 221 Å². The summed E-state index contributed by atoms with van der Waals surface area (Å²) in [7, 11) is -7.31. The number of Topliss-reactive ketones (excluding diaryl/α,β-unsaturated/α-hetero) is 1. The number of nitrogens with two attached hydrogens (primary N) is 1. The third-order valence-electron chi connectivity index (χ3n) is 23.3. The number of aromatic nitrogens is 10. The molecule has 147 heavy (non-hydrogen) atoms. The number of rotatable bonds is 34. The first-order valence-electron chi connectivity index (χ1n) is 46.3. The first kappa shape index (κ1) is 111. The van der Waals surface area contributed by atoms with Crippen molar-refractivity contribution in [2.45, 2.75) is 44.3 Å². The second-order valence-electron chi connectivity index (χ2n) is 35.6. The third kappa shape index (κ3) is 29.4. The largest absolute Gasteiger partial charge is 0.495 e. The number of halogens is 4. The van der Waals surface area contributed by atoms with Gasteiger partial charge in [0.15, 0.2) is 38.9 Å². The summed E-state index contributed by atoms with van der Waals surface area (Å²) in [5, 5.41) is 28.9. The number of primary amides is 1. The lowest BCUT2D eigenvalue weighted by atomic mass is 9.98. The Morgan fingerprint density at radius 2 is 0.810 bits per heavy atom. The number of methoxy groups -OCH3 is 4. The molecule has 770 valence electrons. The molecule has 9 aromatic carbocycles. The lowest BCUT2D eigenvalue weighted by Crippen LogP contribution is -2.47. The van der Waals surface area contributed by atoms with Crippen LogP contribution in [0.25, 0.3) is 22.5 Å². The number of nitrogens with zero attached hydrogens (tertiary/aromatic N) is 13. The molecule has 0 saturated carbocycles. The van der Waals surface area contributed by atoms with Gasteiger partial charge in [-0.2, -0.15) is 19.9 Å². The summed E-state index contributed by atoms with van der Waals surface area (Å²) in [5.74, 6) is 5.23. The zero-order valence-corrected chi connectivity index (χ0v) is 91.3. The Hall–Kier alpha value is -13.3. The van der Waals surface area contributed by atoms with Crippen molar-refractivity contribution < 1.29 is 60.0 Å². The molecule has 2 saturated heterocycles. The fraction of sp³-hybridized carbons (Fsp3) is 0.262. The number of aryl methyl sites for hydroxylation is 1. The maximum Gasteiger partial charge on any atom is 0.248 e. The van der Waals surface area contributed by atoms with Crippen LogP contribution in [0.4, 0.5) is 104 Å². The Kier molecular flexibility index (Phi) is 37.3. The van der Waals surface area contributed by atoms with Crippen molar-refractivity contribution >= 4 is 222 Å². The molecule has 14 aromatic rings. The van der Waals surface area contributed by atoms with Crippen LogP contribution >= 0.6 is 75.0 Å². The average Bonchev–Trinajstić information content (AvgIpc) is 0.777. The molecule has 35 nitrogen and oxygen atoms in total. The molecule has 2 aliphatic heterocycles. The smallest absolute Gasteiger partial charge is 0.248 e. The number of carbonyl (C=O) groups is 2. The van der Waals surface area contributed by atoms with Crippen molar-refractivity contribution in [1.82, 2.24) is 54.7 Å². The predicted octanol–water partition coefficient (Wildman–Crippen LogP) is 21.1. The van der Waals surface area contributed by atoms with Gasteiger partial charge in [-0.05, 0) is 224 Å². The van der Waals surface area contributed by atoms with Crippen molar-refractivity contribution in [3.8, 4) is 45.5 Å². The highest BCUT2D eigenvalue weighted by atomic mass is 35.5. The second-order valence-corrected chi connectivity index (χ2v) is 52.5. The second kappa shape index (κ2) is 49.5. The number of ketones is 1. The van der Waals surface area contributed by atoms with Crippen LogP contribution in [0.2, 0.25) is 20.1 Å². The van der Waals surface area contributed by atoms with Gasteiger partial charge in [-0.3, -0.25) is 14.5 Å². The average molecular weight is 2170 g/mol. The van der Waals surface area contributed by atoms with E-state index in [9.17, 15) is 36.3 Å². The fourth-order valence-corrected chi connectivity index (χ4v) is 21.1.